The van der Waals surface area contributed by atoms with Gasteiger partial charge in [-0.2, -0.15) is 0 Å². The van der Waals surface area contributed by atoms with Gasteiger partial charge in [0, 0.05) is 50.0 Å². The quantitative estimate of drug-likeness (QED) is 0.152. The maximum Gasteiger partial charge on any atom is 0.160 e. The van der Waals surface area contributed by atoms with Crippen molar-refractivity contribution < 1.29 is 8.83 Å². The third-order valence-electron chi connectivity index (χ3n) is 18.2. The van der Waals surface area contributed by atoms with Crippen LogP contribution < -0.4 is 9.80 Å². The van der Waals surface area contributed by atoms with Gasteiger partial charge in [0.1, 0.15) is 16.7 Å². The molecule has 0 unspecified atom stereocenters. The molecule has 2 aliphatic rings. The smallest absolute Gasteiger partial charge is 0.160 e. The fraction of sp³-hybridized carbons (Fsp3) is 0.0123. The first-order chi connectivity index (χ1) is 42.2. The van der Waals surface area contributed by atoms with Gasteiger partial charge in [0.15, 0.2) is 5.58 Å². The van der Waals surface area contributed by atoms with Crippen molar-refractivity contribution in [1.82, 2.24) is 0 Å². The van der Waals surface area contributed by atoms with Crippen LogP contribution in [0.2, 0.25) is 0 Å². The molecule has 2 heterocycles. The SMILES string of the molecule is c1ccc(N(c2ccc(-c3ccc4ccccc4c3)cc2)c2cc3c(c4c2oc2ccccc24)-c2c(cc(N(c4ccccc4)c4ccc(-c5ccc6ccccc6c5)cc4)c4c2oc2ccccc24)C32c3ccccc3-c3ccccc32)cc1. The first-order valence-electron chi connectivity index (χ1n) is 29.2. The Balaban J connectivity index is 0.943. The molecule has 14 aromatic carbocycles. The molecule has 396 valence electrons. The summed E-state index contributed by atoms with van der Waals surface area (Å²) in [7, 11) is 0. The summed E-state index contributed by atoms with van der Waals surface area (Å²) in [5.41, 5.74) is 22.6. The Kier molecular flexibility index (Phi) is 10.3. The van der Waals surface area contributed by atoms with E-state index >= 15 is 0 Å². The Labute approximate surface area is 490 Å². The summed E-state index contributed by atoms with van der Waals surface area (Å²) in [5, 5.41) is 9.08. The molecule has 0 radical (unpaired) electrons. The van der Waals surface area contributed by atoms with Crippen molar-refractivity contribution in [3.05, 3.63) is 326 Å². The summed E-state index contributed by atoms with van der Waals surface area (Å²) in [6, 6.07) is 111. The van der Waals surface area contributed by atoms with Gasteiger partial charge in [-0.25, -0.2) is 0 Å². The highest BCUT2D eigenvalue weighted by molar-refractivity contribution is 6.26. The zero-order valence-corrected chi connectivity index (χ0v) is 46.1. The highest BCUT2D eigenvalue weighted by atomic mass is 16.3. The van der Waals surface area contributed by atoms with Crippen molar-refractivity contribution in [2.45, 2.75) is 5.41 Å². The van der Waals surface area contributed by atoms with Crippen LogP contribution in [0.25, 0.3) is 110 Å². The largest absolute Gasteiger partial charge is 0.455 e. The summed E-state index contributed by atoms with van der Waals surface area (Å²) in [5.74, 6) is 0. The lowest BCUT2D eigenvalue weighted by atomic mass is 9.70. The van der Waals surface area contributed by atoms with Crippen LogP contribution >= 0.6 is 0 Å². The zero-order valence-electron chi connectivity index (χ0n) is 46.1. The van der Waals surface area contributed by atoms with Crippen LogP contribution in [0, 0.1) is 0 Å². The van der Waals surface area contributed by atoms with Crippen LogP contribution in [0.1, 0.15) is 22.3 Å². The molecular formula is C81H50N2O2. The lowest BCUT2D eigenvalue weighted by molar-refractivity contribution is 0.668. The van der Waals surface area contributed by atoms with E-state index in [4.69, 9.17) is 8.83 Å². The molecule has 0 N–H and O–H groups in total. The van der Waals surface area contributed by atoms with E-state index in [1.807, 2.05) is 0 Å². The number of anilines is 6. The van der Waals surface area contributed by atoms with Gasteiger partial charge in [0.25, 0.3) is 0 Å². The number of hydrogen-bond donors (Lipinski definition) is 0. The molecule has 0 amide bonds. The Hall–Kier alpha value is -11.2. The van der Waals surface area contributed by atoms with Gasteiger partial charge in [-0.15, -0.1) is 0 Å². The normalized spacial score (nSPS) is 12.8. The monoisotopic (exact) mass is 1080 g/mol. The molecule has 0 bridgehead atoms. The third-order valence-corrected chi connectivity index (χ3v) is 18.2. The van der Waals surface area contributed by atoms with E-state index in [1.54, 1.807) is 0 Å². The zero-order chi connectivity index (χ0) is 55.7. The van der Waals surface area contributed by atoms with E-state index in [-0.39, 0.29) is 0 Å². The molecule has 2 aliphatic carbocycles. The maximum atomic E-state index is 7.56. The van der Waals surface area contributed by atoms with Crippen LogP contribution in [0.15, 0.2) is 312 Å². The summed E-state index contributed by atoms with van der Waals surface area (Å²) in [4.78, 5) is 4.85. The minimum atomic E-state index is -0.828. The van der Waals surface area contributed by atoms with Crippen LogP contribution in [0.5, 0.6) is 0 Å². The van der Waals surface area contributed by atoms with Crippen molar-refractivity contribution in [2.75, 3.05) is 9.80 Å². The summed E-state index contributed by atoms with van der Waals surface area (Å²) < 4.78 is 15.0. The standard InChI is InChI=1S/C81H50N2O2/c1-3-23-59(24-4-1)82(61-43-39-53(40-44-61)57-37-35-51-19-7-9-21-55(51)47-57)71-49-70-78(80-75(71)65-29-13-17-33-73(65)85-80)77-69(81(70)67-31-15-11-27-63(67)64-28-12-16-32-68(64)81)50-72(79-76(77)66-30-14-18-34-74(66)84-79)83(60-25-5-2-6-26-60)62-45-41-54(42-46-62)58-38-36-52-20-8-10-22-56(52)48-58/h1-50H. The number of benzene rings is 14. The minimum absolute atomic E-state index is 0.802. The second-order valence-corrected chi connectivity index (χ2v) is 22.6. The number of nitrogens with zero attached hydrogens (tertiary/aromatic N) is 2. The summed E-state index contributed by atoms with van der Waals surface area (Å²) in [6.45, 7) is 0. The van der Waals surface area contributed by atoms with Crippen molar-refractivity contribution >= 4 is 99.5 Å². The predicted octanol–water partition coefficient (Wildman–Crippen LogP) is 22.4. The Morgan fingerprint density at radius 2 is 0.659 bits per heavy atom. The van der Waals surface area contributed by atoms with Gasteiger partial charge < -0.3 is 18.6 Å². The van der Waals surface area contributed by atoms with Crippen molar-refractivity contribution in [1.29, 1.82) is 0 Å². The lowest BCUT2D eigenvalue weighted by Gasteiger charge is -2.33. The van der Waals surface area contributed by atoms with Crippen LogP contribution in [0.4, 0.5) is 34.1 Å². The van der Waals surface area contributed by atoms with E-state index in [2.05, 4.69) is 313 Å². The van der Waals surface area contributed by atoms with Gasteiger partial charge in [0.2, 0.25) is 0 Å². The topological polar surface area (TPSA) is 32.8 Å². The Morgan fingerprint density at radius 1 is 0.259 bits per heavy atom. The highest BCUT2D eigenvalue weighted by Crippen LogP contribution is 2.68. The van der Waals surface area contributed by atoms with Gasteiger partial charge in [-0.1, -0.05) is 218 Å². The van der Waals surface area contributed by atoms with E-state index < -0.39 is 5.41 Å². The molecule has 2 aromatic heterocycles. The maximum absolute atomic E-state index is 7.56. The van der Waals surface area contributed by atoms with E-state index in [1.165, 1.54) is 60.5 Å². The number of hydrogen-bond acceptors (Lipinski definition) is 4. The van der Waals surface area contributed by atoms with Crippen LogP contribution in [0.3, 0.4) is 0 Å². The van der Waals surface area contributed by atoms with Gasteiger partial charge in [-0.3, -0.25) is 0 Å². The predicted molar refractivity (Wildman–Crippen MR) is 353 cm³/mol. The number of para-hydroxylation sites is 4. The molecule has 0 fully saturated rings. The summed E-state index contributed by atoms with van der Waals surface area (Å²) in [6.07, 6.45) is 0. The molecular weight excluding hydrogens is 1030 g/mol. The molecule has 1 spiro atoms. The molecule has 4 nitrogen and oxygen atoms in total. The minimum Gasteiger partial charge on any atom is -0.455 e. The Bertz CT molecular complexity index is 5320. The van der Waals surface area contributed by atoms with Crippen molar-refractivity contribution in [2.24, 2.45) is 0 Å². The average Bonchev–Trinajstić information content (AvgIpc) is 1.51. The first-order valence-corrected chi connectivity index (χ1v) is 29.2. The highest BCUT2D eigenvalue weighted by Gasteiger charge is 2.54. The average molecular weight is 1080 g/mol. The van der Waals surface area contributed by atoms with Crippen LogP contribution in [-0.2, 0) is 5.41 Å². The molecule has 4 heteroatoms. The molecule has 18 rings (SSSR count). The fourth-order valence-electron chi connectivity index (χ4n) is 14.5. The Morgan fingerprint density at radius 3 is 1.21 bits per heavy atom. The molecule has 16 aromatic rings. The second-order valence-electron chi connectivity index (χ2n) is 22.6. The van der Waals surface area contributed by atoms with E-state index in [0.717, 1.165) is 106 Å². The number of fused-ring (bicyclic) bond motifs is 20. The van der Waals surface area contributed by atoms with Crippen molar-refractivity contribution in [3.63, 3.8) is 0 Å². The van der Waals surface area contributed by atoms with Gasteiger partial charge in [-0.05, 0) is 162 Å². The van der Waals surface area contributed by atoms with E-state index in [0.29, 0.717) is 0 Å². The molecule has 85 heavy (non-hydrogen) atoms. The molecule has 0 atom stereocenters. The molecule has 0 saturated heterocycles. The van der Waals surface area contributed by atoms with Gasteiger partial charge >= 0.3 is 0 Å². The van der Waals surface area contributed by atoms with Crippen molar-refractivity contribution in [3.8, 4) is 44.5 Å². The van der Waals surface area contributed by atoms with E-state index in [9.17, 15) is 0 Å². The number of furan rings is 2. The van der Waals surface area contributed by atoms with Gasteiger partial charge in [0.05, 0.1) is 22.2 Å². The van der Waals surface area contributed by atoms with Crippen LogP contribution in [-0.4, -0.2) is 0 Å². The molecule has 0 aliphatic heterocycles. The third kappa shape index (κ3) is 6.97. The number of rotatable bonds is 8. The fourth-order valence-corrected chi connectivity index (χ4v) is 14.5. The molecule has 0 saturated carbocycles. The summed E-state index contributed by atoms with van der Waals surface area (Å²) >= 11 is 0. The second kappa shape index (κ2) is 18.4. The lowest BCUT2D eigenvalue weighted by Crippen LogP contribution is -2.26. The first kappa shape index (κ1) is 47.4.